The van der Waals surface area contributed by atoms with Crippen molar-refractivity contribution in [1.29, 1.82) is 0 Å². The number of fused-ring (bicyclic) bond motifs is 3. The Morgan fingerprint density at radius 1 is 0.851 bits per heavy atom. The summed E-state index contributed by atoms with van der Waals surface area (Å²) in [4.78, 5) is 36.3. The number of aliphatic hydroxyl groups is 5. The second-order valence-electron chi connectivity index (χ2n) is 11.4. The van der Waals surface area contributed by atoms with E-state index in [0.717, 1.165) is 29.2 Å². The van der Waals surface area contributed by atoms with Crippen LogP contribution in [0.3, 0.4) is 0 Å². The zero-order valence-electron chi connectivity index (χ0n) is 25.2. The molecule has 2 fully saturated rings. The molecule has 2 aromatic rings. The van der Waals surface area contributed by atoms with Crippen molar-refractivity contribution in [3.05, 3.63) is 59.7 Å². The maximum absolute atomic E-state index is 12.5. The van der Waals surface area contributed by atoms with Gasteiger partial charge in [0.15, 0.2) is 18.7 Å². The van der Waals surface area contributed by atoms with E-state index in [2.05, 4.69) is 10.6 Å². The minimum Gasteiger partial charge on any atom is -0.479 e. The second kappa shape index (κ2) is 15.0. The first-order valence-electron chi connectivity index (χ1n) is 15.0. The van der Waals surface area contributed by atoms with Crippen LogP contribution in [0.4, 0.5) is 4.79 Å². The summed E-state index contributed by atoms with van der Waals surface area (Å²) in [6.07, 6.45) is -16.3. The van der Waals surface area contributed by atoms with E-state index < -0.39 is 85.9 Å². The molecule has 5 rings (SSSR count). The Hall–Kier alpha value is -3.71. The van der Waals surface area contributed by atoms with Gasteiger partial charge >= 0.3 is 12.1 Å². The summed E-state index contributed by atoms with van der Waals surface area (Å²) < 4.78 is 27.3. The first kappa shape index (κ1) is 34.6. The number of carbonyl (C=O) groups excluding carboxylic acids is 2. The lowest BCUT2D eigenvalue weighted by Gasteiger charge is -2.46. The Kier molecular flexibility index (Phi) is 11.1. The monoisotopic (exact) mass is 662 g/mol. The fourth-order valence-corrected chi connectivity index (χ4v) is 6.04. The van der Waals surface area contributed by atoms with Crippen molar-refractivity contribution in [2.24, 2.45) is 0 Å². The van der Waals surface area contributed by atoms with Crippen LogP contribution < -0.4 is 10.6 Å². The molecule has 0 bridgehead atoms. The number of carboxylic acid groups (broad SMARTS) is 1. The number of ether oxygens (including phenoxy) is 5. The predicted molar refractivity (Wildman–Crippen MR) is 158 cm³/mol. The van der Waals surface area contributed by atoms with Gasteiger partial charge in [-0.15, -0.1) is 0 Å². The van der Waals surface area contributed by atoms with E-state index in [4.69, 9.17) is 23.7 Å². The summed E-state index contributed by atoms with van der Waals surface area (Å²) in [5.41, 5.74) is 4.25. The molecule has 1 aliphatic carbocycles. The molecule has 10 atom stereocenters. The first-order chi connectivity index (χ1) is 22.5. The highest BCUT2D eigenvalue weighted by atomic mass is 16.7. The van der Waals surface area contributed by atoms with Crippen molar-refractivity contribution in [3.63, 3.8) is 0 Å². The Bertz CT molecular complexity index is 1380. The largest absolute Gasteiger partial charge is 0.479 e. The van der Waals surface area contributed by atoms with E-state index in [0.29, 0.717) is 0 Å². The molecule has 0 saturated carbocycles. The van der Waals surface area contributed by atoms with Crippen LogP contribution in [0.5, 0.6) is 0 Å². The Labute approximate surface area is 268 Å². The lowest BCUT2D eigenvalue weighted by Crippen LogP contribution is -2.68. The Morgan fingerprint density at radius 2 is 1.49 bits per heavy atom. The SMILES string of the molecule is CC(=O)NC1[C@@H](O[C@@H]2C(C(=O)O)O[C@@H](OCCNC(=O)OCC3c4ccccc4-c4ccccc43)[C@@H](O)C2O)OC(CO)[C@@H](O)[C@@H]1O. The van der Waals surface area contributed by atoms with Gasteiger partial charge in [0.25, 0.3) is 0 Å². The van der Waals surface area contributed by atoms with Crippen molar-refractivity contribution in [2.75, 3.05) is 26.4 Å². The molecule has 16 heteroatoms. The standard InChI is InChI=1S/C31H38N2O14/c1-14(35)33-21-23(37)22(36)20(12-34)45-29(21)46-26-24(38)25(39)30(47-27(26)28(40)41)43-11-10-32-31(42)44-13-19-17-8-4-2-6-15(17)16-7-3-5-9-18(16)19/h2-9,19-27,29-30,34,36-39H,10-13H2,1H3,(H,32,42)(H,33,35)(H,40,41)/t20?,21?,22-,23-,24?,25+,26+,27?,29-,30-/m1/s1. The molecule has 256 valence electrons. The number of carboxylic acids is 1. The molecule has 2 amide bonds. The van der Waals surface area contributed by atoms with Crippen LogP contribution in [0.2, 0.25) is 0 Å². The van der Waals surface area contributed by atoms with Crippen molar-refractivity contribution >= 4 is 18.0 Å². The van der Waals surface area contributed by atoms with Crippen molar-refractivity contribution in [2.45, 2.75) is 74.2 Å². The highest BCUT2D eigenvalue weighted by Crippen LogP contribution is 2.44. The van der Waals surface area contributed by atoms with E-state index in [9.17, 15) is 45.0 Å². The van der Waals surface area contributed by atoms with E-state index in [1.807, 2.05) is 48.5 Å². The molecular weight excluding hydrogens is 624 g/mol. The van der Waals surface area contributed by atoms with E-state index >= 15 is 0 Å². The van der Waals surface area contributed by atoms with E-state index in [-0.39, 0.29) is 25.7 Å². The molecule has 16 nitrogen and oxygen atoms in total. The van der Waals surface area contributed by atoms with Gasteiger partial charge in [-0.1, -0.05) is 48.5 Å². The minimum atomic E-state index is -1.94. The van der Waals surface area contributed by atoms with Crippen molar-refractivity contribution in [1.82, 2.24) is 10.6 Å². The highest BCUT2D eigenvalue weighted by molar-refractivity contribution is 5.79. The quantitative estimate of drug-likeness (QED) is 0.127. The Morgan fingerprint density at radius 3 is 2.09 bits per heavy atom. The van der Waals surface area contributed by atoms with Crippen LogP contribution in [0.1, 0.15) is 24.0 Å². The van der Waals surface area contributed by atoms with Crippen molar-refractivity contribution < 1.29 is 68.7 Å². The molecule has 0 spiro atoms. The number of hydrogen-bond acceptors (Lipinski definition) is 13. The van der Waals surface area contributed by atoms with Gasteiger partial charge in [-0.05, 0) is 22.3 Å². The van der Waals surface area contributed by atoms with Crippen LogP contribution in [0.25, 0.3) is 11.1 Å². The number of aliphatic hydroxyl groups excluding tert-OH is 5. The fraction of sp³-hybridized carbons (Fsp3) is 0.516. The topological polar surface area (TPSA) is 243 Å². The maximum atomic E-state index is 12.5. The third kappa shape index (κ3) is 7.40. The summed E-state index contributed by atoms with van der Waals surface area (Å²) in [5.74, 6) is -2.41. The number of hydrogen-bond donors (Lipinski definition) is 8. The summed E-state index contributed by atoms with van der Waals surface area (Å²) in [7, 11) is 0. The fourth-order valence-electron chi connectivity index (χ4n) is 6.04. The molecule has 8 N–H and O–H groups in total. The molecule has 2 heterocycles. The van der Waals surface area contributed by atoms with Crippen LogP contribution in [0, 0.1) is 0 Å². The number of aliphatic carboxylic acids is 1. The predicted octanol–water partition coefficient (Wildman–Crippen LogP) is -1.60. The van der Waals surface area contributed by atoms with Gasteiger partial charge in [0.05, 0.1) is 13.2 Å². The van der Waals surface area contributed by atoms with Crippen LogP contribution in [-0.2, 0) is 33.3 Å². The number of carbonyl (C=O) groups is 3. The molecule has 0 radical (unpaired) electrons. The summed E-state index contributed by atoms with van der Waals surface area (Å²) >= 11 is 0. The number of nitrogens with one attached hydrogen (secondary N) is 2. The Balaban J connectivity index is 1.14. The van der Waals surface area contributed by atoms with Gasteiger partial charge in [-0.3, -0.25) is 4.79 Å². The smallest absolute Gasteiger partial charge is 0.407 e. The number of amides is 2. The number of alkyl carbamates (subject to hydrolysis) is 1. The van der Waals surface area contributed by atoms with Gasteiger partial charge in [0.2, 0.25) is 5.91 Å². The number of rotatable bonds is 11. The molecule has 2 saturated heterocycles. The first-order valence-corrected chi connectivity index (χ1v) is 15.0. The third-order valence-corrected chi connectivity index (χ3v) is 8.33. The molecule has 47 heavy (non-hydrogen) atoms. The van der Waals surface area contributed by atoms with Gasteiger partial charge in [-0.2, -0.15) is 0 Å². The molecule has 4 unspecified atom stereocenters. The van der Waals surface area contributed by atoms with Crippen LogP contribution in [-0.4, -0.2) is 136 Å². The van der Waals surface area contributed by atoms with Crippen LogP contribution >= 0.6 is 0 Å². The normalized spacial score (nSPS) is 31.8. The minimum absolute atomic E-state index is 0.0849. The second-order valence-corrected chi connectivity index (χ2v) is 11.4. The maximum Gasteiger partial charge on any atom is 0.407 e. The summed E-state index contributed by atoms with van der Waals surface area (Å²) in [5, 5.41) is 66.4. The highest BCUT2D eigenvalue weighted by Gasteiger charge is 2.53. The average molecular weight is 663 g/mol. The summed E-state index contributed by atoms with van der Waals surface area (Å²) in [6, 6.07) is 14.3. The van der Waals surface area contributed by atoms with Crippen LogP contribution in [0.15, 0.2) is 48.5 Å². The molecular formula is C31H38N2O14. The zero-order valence-corrected chi connectivity index (χ0v) is 25.2. The average Bonchev–Trinajstić information content (AvgIpc) is 3.37. The molecule has 3 aliphatic rings. The van der Waals surface area contributed by atoms with Gasteiger partial charge in [0, 0.05) is 19.4 Å². The number of benzene rings is 2. The lowest BCUT2D eigenvalue weighted by atomic mass is 9.95. The third-order valence-electron chi connectivity index (χ3n) is 8.33. The van der Waals surface area contributed by atoms with Crippen molar-refractivity contribution in [3.8, 4) is 11.1 Å². The molecule has 0 aromatic heterocycles. The molecule has 2 aliphatic heterocycles. The zero-order chi connectivity index (χ0) is 33.8. The van der Waals surface area contributed by atoms with Gasteiger partial charge < -0.3 is 65.0 Å². The lowest BCUT2D eigenvalue weighted by molar-refractivity contribution is -0.340. The van der Waals surface area contributed by atoms with E-state index in [1.54, 1.807) is 0 Å². The van der Waals surface area contributed by atoms with Gasteiger partial charge in [-0.25, -0.2) is 9.59 Å². The molecule has 2 aromatic carbocycles. The van der Waals surface area contributed by atoms with Gasteiger partial charge in [0.1, 0.15) is 49.3 Å². The summed E-state index contributed by atoms with van der Waals surface area (Å²) in [6.45, 7) is 0.0470. The van der Waals surface area contributed by atoms with E-state index in [1.165, 1.54) is 0 Å².